The highest BCUT2D eigenvalue weighted by Gasteiger charge is 2.57. The van der Waals surface area contributed by atoms with Crippen molar-refractivity contribution in [2.24, 2.45) is 5.92 Å². The van der Waals surface area contributed by atoms with Crippen LogP contribution in [0.25, 0.3) is 0 Å². The van der Waals surface area contributed by atoms with Crippen molar-refractivity contribution in [3.8, 4) is 0 Å². The van der Waals surface area contributed by atoms with Crippen molar-refractivity contribution in [1.82, 2.24) is 0 Å². The summed E-state index contributed by atoms with van der Waals surface area (Å²) in [4.78, 5) is 11.8. The van der Waals surface area contributed by atoms with Crippen molar-refractivity contribution < 1.29 is 68.0 Å². The van der Waals surface area contributed by atoms with E-state index in [1.54, 1.807) is 0 Å². The number of ether oxygens (including phenoxy) is 3. The first kappa shape index (κ1) is 37.6. The van der Waals surface area contributed by atoms with Crippen molar-refractivity contribution in [2.75, 3.05) is 26.4 Å². The van der Waals surface area contributed by atoms with Crippen molar-refractivity contribution in [3.05, 3.63) is 6.92 Å². The molecule has 0 saturated carbocycles. The van der Waals surface area contributed by atoms with Gasteiger partial charge in [-0.1, -0.05) is 25.7 Å². The number of carbonyl (C=O) groups excluding carboxylic acids is 1. The Morgan fingerprint density at radius 3 is 1.49 bits per heavy atom. The van der Waals surface area contributed by atoms with Crippen molar-refractivity contribution in [3.63, 3.8) is 0 Å². The second-order valence-corrected chi connectivity index (χ2v) is 9.17. The van der Waals surface area contributed by atoms with E-state index < -0.39 is 55.2 Å². The fourth-order valence-corrected chi connectivity index (χ4v) is 3.10. The number of esters is 1. The number of carbonyl (C=O) groups is 1. The molecule has 0 spiro atoms. The summed E-state index contributed by atoms with van der Waals surface area (Å²) in [6.45, 7) is 3.25. The maximum Gasteiger partial charge on any atom is 0.453 e. The second kappa shape index (κ2) is 18.2. The lowest BCUT2D eigenvalue weighted by atomic mass is 10.1. The number of alkyl halides is 10. The molecule has 39 heavy (non-hydrogen) atoms. The lowest BCUT2D eigenvalue weighted by Gasteiger charge is -2.20. The molecular weight excluding hydrogens is 558 g/mol. The number of aliphatic hydroxyl groups is 1. The van der Waals surface area contributed by atoms with Gasteiger partial charge < -0.3 is 19.3 Å². The highest BCUT2D eigenvalue weighted by molar-refractivity contribution is 5.69. The molecule has 0 heterocycles. The minimum Gasteiger partial charge on any atom is -0.465 e. The van der Waals surface area contributed by atoms with E-state index in [1.165, 1.54) is 0 Å². The molecule has 0 aliphatic rings. The third-order valence-corrected chi connectivity index (χ3v) is 5.53. The molecule has 0 aromatic carbocycles. The van der Waals surface area contributed by atoms with Gasteiger partial charge in [-0.2, -0.15) is 43.9 Å². The van der Waals surface area contributed by atoms with Gasteiger partial charge in [-0.15, -0.1) is 0 Å². The van der Waals surface area contributed by atoms with Gasteiger partial charge in [0.05, 0.1) is 13.0 Å². The average molecular weight is 596 g/mol. The molecule has 0 fully saturated rings. The van der Waals surface area contributed by atoms with Crippen LogP contribution in [0.2, 0.25) is 0 Å². The van der Waals surface area contributed by atoms with Crippen LogP contribution < -0.4 is 0 Å². The second-order valence-electron chi connectivity index (χ2n) is 9.17. The Morgan fingerprint density at radius 1 is 0.692 bits per heavy atom. The Morgan fingerprint density at radius 2 is 1.10 bits per heavy atom. The van der Waals surface area contributed by atoms with E-state index in [2.05, 4.69) is 6.92 Å². The van der Waals surface area contributed by atoms with Crippen molar-refractivity contribution in [2.45, 2.75) is 108 Å². The molecule has 233 valence electrons. The SMILES string of the molecule is [CH2]C(CO)COC(=O)CCC(OCCCCCCC(F)(F)C(F)(F)F)OCCCCCCC(F)(F)C(F)(F)F. The van der Waals surface area contributed by atoms with E-state index in [4.69, 9.17) is 19.3 Å². The van der Waals surface area contributed by atoms with E-state index in [9.17, 15) is 48.7 Å². The predicted octanol–water partition coefficient (Wildman–Crippen LogP) is 7.41. The zero-order valence-corrected chi connectivity index (χ0v) is 21.5. The molecular formula is C24H37F10O5. The van der Waals surface area contributed by atoms with Crippen LogP contribution in [0.4, 0.5) is 43.9 Å². The van der Waals surface area contributed by atoms with Gasteiger partial charge in [0, 0.05) is 45.0 Å². The number of hydrogen-bond acceptors (Lipinski definition) is 5. The maximum absolute atomic E-state index is 12.9. The Kier molecular flexibility index (Phi) is 17.5. The average Bonchev–Trinajstić information content (AvgIpc) is 2.82. The van der Waals surface area contributed by atoms with Crippen LogP contribution in [0, 0.1) is 12.8 Å². The minimum atomic E-state index is -5.59. The van der Waals surface area contributed by atoms with Gasteiger partial charge in [0.1, 0.15) is 0 Å². The summed E-state index contributed by atoms with van der Waals surface area (Å²) in [6, 6.07) is 0. The molecule has 0 saturated heterocycles. The molecule has 15 heteroatoms. The van der Waals surface area contributed by atoms with E-state index >= 15 is 0 Å². The summed E-state index contributed by atoms with van der Waals surface area (Å²) < 4.78 is 141. The number of unbranched alkanes of at least 4 members (excludes halogenated alkanes) is 6. The first-order valence-electron chi connectivity index (χ1n) is 12.6. The number of aliphatic hydroxyl groups excluding tert-OH is 1. The smallest absolute Gasteiger partial charge is 0.453 e. The molecule has 0 rings (SSSR count). The van der Waals surface area contributed by atoms with Gasteiger partial charge in [0.15, 0.2) is 6.29 Å². The molecule has 1 radical (unpaired) electrons. The third-order valence-electron chi connectivity index (χ3n) is 5.53. The van der Waals surface area contributed by atoms with Crippen LogP contribution in [-0.4, -0.2) is 68.0 Å². The van der Waals surface area contributed by atoms with Gasteiger partial charge in [-0.25, -0.2) is 0 Å². The quantitative estimate of drug-likeness (QED) is 0.0612. The first-order valence-corrected chi connectivity index (χ1v) is 12.6. The summed E-state index contributed by atoms with van der Waals surface area (Å²) in [6.07, 6.45) is -14.1. The molecule has 0 aromatic rings. The largest absolute Gasteiger partial charge is 0.465 e. The van der Waals surface area contributed by atoms with Gasteiger partial charge in [0.2, 0.25) is 0 Å². The van der Waals surface area contributed by atoms with Crippen molar-refractivity contribution in [1.29, 1.82) is 0 Å². The van der Waals surface area contributed by atoms with Gasteiger partial charge >= 0.3 is 30.2 Å². The minimum absolute atomic E-state index is 0.0371. The molecule has 5 nitrogen and oxygen atoms in total. The van der Waals surface area contributed by atoms with Crippen LogP contribution in [0.3, 0.4) is 0 Å². The number of rotatable bonds is 22. The lowest BCUT2D eigenvalue weighted by molar-refractivity contribution is -0.284. The summed E-state index contributed by atoms with van der Waals surface area (Å²) in [5.74, 6) is -10.6. The molecule has 0 amide bonds. The molecule has 1 atom stereocenters. The molecule has 0 aromatic heterocycles. The van der Waals surface area contributed by atoms with E-state index in [0.29, 0.717) is 25.7 Å². The van der Waals surface area contributed by atoms with Crippen LogP contribution in [0.15, 0.2) is 0 Å². The highest BCUT2D eigenvalue weighted by atomic mass is 19.4. The van der Waals surface area contributed by atoms with E-state index in [-0.39, 0.29) is 65.0 Å². The topological polar surface area (TPSA) is 65.0 Å². The molecule has 0 bridgehead atoms. The zero-order valence-electron chi connectivity index (χ0n) is 21.5. The summed E-state index contributed by atoms with van der Waals surface area (Å²) in [5, 5.41) is 8.90. The lowest BCUT2D eigenvalue weighted by Crippen LogP contribution is -2.36. The normalized spacial score (nSPS) is 14.2. The fraction of sp³-hybridized carbons (Fsp3) is 0.917. The van der Waals surface area contributed by atoms with Crippen LogP contribution in [0.1, 0.15) is 77.0 Å². The Bertz CT molecular complexity index is 616. The fourth-order valence-electron chi connectivity index (χ4n) is 3.10. The molecule has 1 unspecified atom stereocenters. The third kappa shape index (κ3) is 17.2. The van der Waals surface area contributed by atoms with E-state index in [1.807, 2.05) is 0 Å². The Labute approximate surface area is 221 Å². The first-order chi connectivity index (χ1) is 17.9. The van der Waals surface area contributed by atoms with Crippen molar-refractivity contribution >= 4 is 5.97 Å². The van der Waals surface area contributed by atoms with Gasteiger partial charge in [-0.05, 0) is 32.6 Å². The van der Waals surface area contributed by atoms with Crippen LogP contribution in [0.5, 0.6) is 0 Å². The number of halogens is 10. The van der Waals surface area contributed by atoms with Gasteiger partial charge in [0.25, 0.3) is 0 Å². The number of hydrogen-bond donors (Lipinski definition) is 1. The van der Waals surface area contributed by atoms with Gasteiger partial charge in [-0.3, -0.25) is 4.79 Å². The predicted molar refractivity (Wildman–Crippen MR) is 120 cm³/mol. The summed E-state index contributed by atoms with van der Waals surface area (Å²) in [7, 11) is 0. The molecule has 0 aliphatic carbocycles. The van der Waals surface area contributed by atoms with Crippen LogP contribution in [-0.2, 0) is 19.0 Å². The monoisotopic (exact) mass is 595 g/mol. The Balaban J connectivity index is 4.40. The Hall–Kier alpha value is -1.35. The highest BCUT2D eigenvalue weighted by Crippen LogP contribution is 2.40. The summed E-state index contributed by atoms with van der Waals surface area (Å²) in [5.41, 5.74) is 0. The zero-order chi connectivity index (χ0) is 30.2. The molecule has 1 N–H and O–H groups in total. The van der Waals surface area contributed by atoms with Crippen LogP contribution >= 0.6 is 0 Å². The van der Waals surface area contributed by atoms with E-state index in [0.717, 1.165) is 0 Å². The summed E-state index contributed by atoms with van der Waals surface area (Å²) >= 11 is 0. The molecule has 0 aliphatic heterocycles. The standard InChI is InChI=1S/C24H37F10O5/c1-18(16-35)17-39-19(36)10-11-20(37-14-8-4-2-6-12-21(25,26)23(29,30)31)38-15-9-5-3-7-13-22(27,28)24(32,33)34/h18,20,35H,1-17H2. The maximum atomic E-state index is 12.9.